The molecule has 0 saturated carbocycles. The topological polar surface area (TPSA) is 185 Å². The van der Waals surface area contributed by atoms with E-state index in [-0.39, 0.29) is 28.9 Å². The lowest BCUT2D eigenvalue weighted by Crippen LogP contribution is -2.31. The number of imidazole rings is 2. The molecule has 2 aromatic heterocycles. The number of nitrogens with one attached hydrogen (secondary N) is 3. The normalized spacial score (nSPS) is 11.5. The minimum atomic E-state index is -4.48. The second-order valence-electron chi connectivity index (χ2n) is 8.91. The van der Waals surface area contributed by atoms with Crippen LogP contribution in [0.25, 0.3) is 22.1 Å². The van der Waals surface area contributed by atoms with Gasteiger partial charge in [0.1, 0.15) is 22.7 Å². The van der Waals surface area contributed by atoms with Crippen LogP contribution in [-0.4, -0.2) is 51.0 Å². The maximum atomic E-state index is 13.0. The van der Waals surface area contributed by atoms with Gasteiger partial charge in [-0.25, -0.2) is 19.6 Å². The Morgan fingerprint density at radius 3 is 1.59 bits per heavy atom. The lowest BCUT2D eigenvalue weighted by Gasteiger charge is -2.11. The monoisotopic (exact) mass is 589 g/mol. The molecule has 4 amide bonds. The highest BCUT2D eigenvalue weighted by Gasteiger charge is 2.35. The summed E-state index contributed by atoms with van der Waals surface area (Å²) in [6.45, 7) is 3.63. The molecule has 0 aliphatic rings. The van der Waals surface area contributed by atoms with Gasteiger partial charge < -0.3 is 37.4 Å². The van der Waals surface area contributed by atoms with Crippen molar-refractivity contribution in [1.29, 1.82) is 0 Å². The number of fused-ring (bicyclic) bond motifs is 2. The predicted molar refractivity (Wildman–Crippen MR) is 139 cm³/mol. The highest BCUT2D eigenvalue weighted by atomic mass is 19.4. The molecule has 0 bridgehead atoms. The molecule has 0 spiro atoms. The molecule has 0 saturated heterocycles. The zero-order valence-corrected chi connectivity index (χ0v) is 22.4. The second kappa shape index (κ2) is 12.8. The van der Waals surface area contributed by atoms with Crippen molar-refractivity contribution in [2.75, 3.05) is 14.1 Å². The van der Waals surface area contributed by atoms with Crippen LogP contribution in [0.1, 0.15) is 33.9 Å². The molecule has 11 nitrogen and oxygen atoms in total. The Labute approximate surface area is 229 Å². The number of alkyl halides is 6. The van der Waals surface area contributed by atoms with E-state index in [4.69, 9.17) is 10.5 Å². The SMILES string of the molecule is CNCc1nc2c(C(F)(F)F)cc(C)cc2[nH]1.Cc1cc(C(F)(F)F)c2nc(CN(C)C(N)=O)[nH]c2c1.NC(N)=O. The Morgan fingerprint density at radius 2 is 1.22 bits per heavy atom. The number of carbonyl (C=O) groups excluding carboxylic acids is 2. The maximum Gasteiger partial charge on any atom is 0.418 e. The Hall–Kier alpha value is -4.54. The van der Waals surface area contributed by atoms with Crippen LogP contribution >= 0.6 is 0 Å². The molecule has 2 heterocycles. The molecule has 4 rings (SSSR count). The summed E-state index contributed by atoms with van der Waals surface area (Å²) >= 11 is 0. The number of hydrogen-bond acceptors (Lipinski definition) is 5. The molecule has 0 aliphatic heterocycles. The first-order valence-corrected chi connectivity index (χ1v) is 11.7. The molecular weight excluding hydrogens is 560 g/mol. The van der Waals surface area contributed by atoms with Crippen molar-refractivity contribution in [1.82, 2.24) is 30.2 Å². The summed E-state index contributed by atoms with van der Waals surface area (Å²) in [5.74, 6) is 0.746. The number of hydrogen-bond donors (Lipinski definition) is 6. The summed E-state index contributed by atoms with van der Waals surface area (Å²) in [6, 6.07) is 3.89. The van der Waals surface area contributed by atoms with Crippen LogP contribution in [0.3, 0.4) is 0 Å². The number of nitrogens with two attached hydrogens (primary N) is 3. The second-order valence-corrected chi connectivity index (χ2v) is 8.91. The van der Waals surface area contributed by atoms with E-state index in [0.717, 1.165) is 17.0 Å². The van der Waals surface area contributed by atoms with Crippen molar-refractivity contribution in [3.8, 4) is 0 Å². The van der Waals surface area contributed by atoms with E-state index >= 15 is 0 Å². The zero-order valence-electron chi connectivity index (χ0n) is 22.4. The van der Waals surface area contributed by atoms with Crippen molar-refractivity contribution in [3.63, 3.8) is 0 Å². The highest BCUT2D eigenvalue weighted by Crippen LogP contribution is 2.36. The third-order valence-corrected chi connectivity index (χ3v) is 5.28. The number of aromatic nitrogens is 4. The summed E-state index contributed by atoms with van der Waals surface area (Å²) in [7, 11) is 3.15. The highest BCUT2D eigenvalue weighted by molar-refractivity contribution is 5.81. The lowest BCUT2D eigenvalue weighted by molar-refractivity contribution is -0.137. The summed E-state index contributed by atoms with van der Waals surface area (Å²) in [5, 5.41) is 2.84. The number of primary amides is 3. The van der Waals surface area contributed by atoms with Crippen LogP contribution in [0.15, 0.2) is 24.3 Å². The third-order valence-electron chi connectivity index (χ3n) is 5.28. The van der Waals surface area contributed by atoms with Gasteiger partial charge in [0.15, 0.2) is 0 Å². The van der Waals surface area contributed by atoms with Gasteiger partial charge in [0, 0.05) is 7.05 Å². The minimum absolute atomic E-state index is 0.0142. The Kier molecular flexibility index (Phi) is 10.2. The Balaban J connectivity index is 0.000000256. The molecule has 2 aromatic carbocycles. The van der Waals surface area contributed by atoms with Crippen LogP contribution in [0, 0.1) is 13.8 Å². The lowest BCUT2D eigenvalue weighted by atomic mass is 10.1. The van der Waals surface area contributed by atoms with Gasteiger partial charge in [0.25, 0.3) is 0 Å². The molecule has 0 aliphatic carbocycles. The van der Waals surface area contributed by atoms with Crippen LogP contribution in [0.5, 0.6) is 0 Å². The van der Waals surface area contributed by atoms with Crippen LogP contribution in [0.4, 0.5) is 35.9 Å². The predicted octanol–water partition coefficient (Wildman–Crippen LogP) is 4.03. The Morgan fingerprint density at radius 1 is 0.829 bits per heavy atom. The molecule has 0 unspecified atom stereocenters. The summed E-state index contributed by atoms with van der Waals surface area (Å²) < 4.78 is 77.3. The van der Waals surface area contributed by atoms with Crippen LogP contribution in [0.2, 0.25) is 0 Å². The number of benzene rings is 2. The van der Waals surface area contributed by atoms with Crippen molar-refractivity contribution in [2.45, 2.75) is 39.3 Å². The maximum absolute atomic E-state index is 13.0. The van der Waals surface area contributed by atoms with E-state index in [1.807, 2.05) is 0 Å². The van der Waals surface area contributed by atoms with Gasteiger partial charge >= 0.3 is 24.4 Å². The average molecular weight is 590 g/mol. The van der Waals surface area contributed by atoms with E-state index in [2.05, 4.69) is 36.7 Å². The molecule has 224 valence electrons. The first-order valence-electron chi connectivity index (χ1n) is 11.7. The first-order chi connectivity index (χ1) is 18.8. The minimum Gasteiger partial charge on any atom is -0.352 e. The number of aryl methyl sites for hydroxylation is 2. The Bertz CT molecular complexity index is 1520. The fraction of sp³-hybridized carbons (Fsp3) is 0.333. The number of halogens is 6. The number of aromatic amines is 2. The van der Waals surface area contributed by atoms with E-state index in [1.54, 1.807) is 33.0 Å². The van der Waals surface area contributed by atoms with E-state index in [0.29, 0.717) is 29.0 Å². The van der Waals surface area contributed by atoms with Crippen molar-refractivity contribution in [2.24, 2.45) is 17.2 Å². The molecule has 0 fully saturated rings. The summed E-state index contributed by atoms with van der Waals surface area (Å²) in [5.41, 5.74) is 13.6. The van der Waals surface area contributed by atoms with Gasteiger partial charge in [-0.3, -0.25) is 0 Å². The van der Waals surface area contributed by atoms with E-state index < -0.39 is 35.5 Å². The average Bonchev–Trinajstić information content (AvgIpc) is 3.39. The molecule has 9 N–H and O–H groups in total. The van der Waals surface area contributed by atoms with E-state index in [9.17, 15) is 31.1 Å². The third kappa shape index (κ3) is 8.99. The van der Waals surface area contributed by atoms with Gasteiger partial charge in [-0.2, -0.15) is 26.3 Å². The van der Waals surface area contributed by atoms with Gasteiger partial charge in [-0.05, 0) is 56.3 Å². The molecule has 0 radical (unpaired) electrons. The molecule has 4 aromatic rings. The quantitative estimate of drug-likeness (QED) is 0.196. The number of rotatable bonds is 4. The van der Waals surface area contributed by atoms with Gasteiger partial charge in [-0.1, -0.05) is 0 Å². The van der Waals surface area contributed by atoms with Crippen molar-refractivity contribution < 1.29 is 35.9 Å². The van der Waals surface area contributed by atoms with Crippen molar-refractivity contribution >= 4 is 34.1 Å². The number of urea groups is 2. The smallest absolute Gasteiger partial charge is 0.352 e. The molecule has 0 atom stereocenters. The van der Waals surface area contributed by atoms with Crippen LogP contribution < -0.4 is 22.5 Å². The fourth-order valence-corrected chi connectivity index (χ4v) is 3.69. The standard InChI is InChI=1S/C12H13F3N4O.C11H12F3N3.CH4N2O/c1-6-3-7(12(13,14)15)10-8(4-6)17-9(18-10)5-19(2)11(16)20;1-6-3-7(11(12,13)14)10-8(4-6)16-9(17-10)5-15-2;2-1(3)4/h3-4H,5H2,1-2H3,(H2,16,20)(H,17,18);3-4,15H,5H2,1-2H3,(H,16,17);(H4,2,3,4). The molecule has 41 heavy (non-hydrogen) atoms. The van der Waals surface area contributed by atoms with Crippen molar-refractivity contribution in [3.05, 3.63) is 58.2 Å². The molecular formula is C24H29F6N9O2. The largest absolute Gasteiger partial charge is 0.418 e. The summed E-state index contributed by atoms with van der Waals surface area (Å²) in [4.78, 5) is 34.6. The van der Waals surface area contributed by atoms with Crippen LogP contribution in [-0.2, 0) is 25.4 Å². The number of amides is 4. The van der Waals surface area contributed by atoms with Gasteiger partial charge in [-0.15, -0.1) is 0 Å². The number of carbonyl (C=O) groups is 2. The molecule has 17 heteroatoms. The zero-order chi connectivity index (χ0) is 31.3. The van der Waals surface area contributed by atoms with Gasteiger partial charge in [0.05, 0.1) is 35.2 Å². The number of nitrogens with zero attached hydrogens (tertiary/aromatic N) is 3. The fourth-order valence-electron chi connectivity index (χ4n) is 3.69. The number of H-pyrrole nitrogens is 2. The summed E-state index contributed by atoms with van der Waals surface area (Å²) in [6.07, 6.45) is -8.86. The van der Waals surface area contributed by atoms with E-state index in [1.165, 1.54) is 7.05 Å². The van der Waals surface area contributed by atoms with Gasteiger partial charge in [0.2, 0.25) is 0 Å². The first kappa shape index (κ1) is 32.7.